The van der Waals surface area contributed by atoms with E-state index in [9.17, 15) is 45.5 Å². The van der Waals surface area contributed by atoms with Crippen LogP contribution in [-0.4, -0.2) is 136 Å². The van der Waals surface area contributed by atoms with Gasteiger partial charge in [-0.15, -0.1) is 0 Å². The third kappa shape index (κ3) is 23.3. The van der Waals surface area contributed by atoms with Crippen LogP contribution in [0, 0.1) is 11.8 Å². The zero-order valence-electron chi connectivity index (χ0n) is 65.8. The summed E-state index contributed by atoms with van der Waals surface area (Å²) in [4.78, 5) is 70.9. The smallest absolute Gasteiger partial charge is 0.475 e. The lowest BCUT2D eigenvalue weighted by Gasteiger charge is -2.42. The highest BCUT2D eigenvalue weighted by Crippen LogP contribution is 2.55. The highest BCUT2D eigenvalue weighted by molar-refractivity contribution is 5.97. The number of ether oxygens (including phenoxy) is 3. The molecule has 5 aliphatic carbocycles. The molecule has 2 amide bonds. The summed E-state index contributed by atoms with van der Waals surface area (Å²) < 4.78 is 80.1. The van der Waals surface area contributed by atoms with Gasteiger partial charge in [-0.25, -0.2) is 19.2 Å². The van der Waals surface area contributed by atoms with Crippen LogP contribution in [0.25, 0.3) is 0 Å². The van der Waals surface area contributed by atoms with E-state index in [0.717, 1.165) is 89.5 Å². The van der Waals surface area contributed by atoms with Crippen molar-refractivity contribution in [2.75, 3.05) is 39.3 Å². The van der Waals surface area contributed by atoms with E-state index in [1.807, 2.05) is 116 Å². The largest absolute Gasteiger partial charge is 0.490 e. The van der Waals surface area contributed by atoms with Gasteiger partial charge in [0.2, 0.25) is 0 Å². The number of alkyl halides is 6. The molecular weight excluding hydrogens is 1430 g/mol. The molecule has 18 nitrogen and oxygen atoms in total. The molecule has 0 radical (unpaired) electrons. The van der Waals surface area contributed by atoms with Crippen molar-refractivity contribution < 1.29 is 79.5 Å². The maximum Gasteiger partial charge on any atom is 0.490 e. The minimum absolute atomic E-state index is 0. The fourth-order valence-corrected chi connectivity index (χ4v) is 17.1. The number of carbonyl (C=O) groups is 6. The Kier molecular flexibility index (Phi) is 30.5. The van der Waals surface area contributed by atoms with Crippen molar-refractivity contribution in [1.29, 1.82) is 0 Å². The number of hydrogen-bond donors (Lipinski definition) is 7. The van der Waals surface area contributed by atoms with Crippen LogP contribution in [0.5, 0.6) is 0 Å². The zero-order valence-corrected chi connectivity index (χ0v) is 65.8. The van der Waals surface area contributed by atoms with Gasteiger partial charge in [0.25, 0.3) is 0 Å². The van der Waals surface area contributed by atoms with Crippen LogP contribution in [0.15, 0.2) is 158 Å². The molecular formula is C87H115F6N7O11. The maximum atomic E-state index is 12.6. The lowest BCUT2D eigenvalue weighted by atomic mass is 9.62. The lowest BCUT2D eigenvalue weighted by Crippen LogP contribution is -2.52. The number of ketones is 1. The molecule has 3 saturated heterocycles. The summed E-state index contributed by atoms with van der Waals surface area (Å²) in [5.41, 5.74) is 30.9. The number of halogens is 6. The Morgan fingerprint density at radius 1 is 0.468 bits per heavy atom. The van der Waals surface area contributed by atoms with Crippen LogP contribution in [0.2, 0.25) is 0 Å². The van der Waals surface area contributed by atoms with Gasteiger partial charge in [-0.3, -0.25) is 9.59 Å². The van der Waals surface area contributed by atoms with Gasteiger partial charge in [0.15, 0.2) is 0 Å². The van der Waals surface area contributed by atoms with Crippen molar-refractivity contribution in [3.8, 4) is 0 Å². The van der Waals surface area contributed by atoms with Crippen molar-refractivity contribution in [2.45, 2.75) is 234 Å². The third-order valence-electron chi connectivity index (χ3n) is 22.5. The fraction of sp³-hybridized carbons (Fsp3) is 0.517. The van der Waals surface area contributed by atoms with E-state index < -0.39 is 41.1 Å². The first-order valence-electron chi connectivity index (χ1n) is 38.3. The summed E-state index contributed by atoms with van der Waals surface area (Å²) in [6, 6.07) is 55.9. The molecule has 111 heavy (non-hydrogen) atoms. The molecule has 606 valence electrons. The zero-order chi connectivity index (χ0) is 80.7. The van der Waals surface area contributed by atoms with Crippen LogP contribution in [0.3, 0.4) is 0 Å². The summed E-state index contributed by atoms with van der Waals surface area (Å²) >= 11 is 0. The van der Waals surface area contributed by atoms with Crippen molar-refractivity contribution in [2.24, 2.45) is 29.0 Å². The molecule has 3 atom stereocenters. The van der Waals surface area contributed by atoms with E-state index in [-0.39, 0.29) is 57.9 Å². The Morgan fingerprint density at radius 2 is 0.820 bits per heavy atom. The van der Waals surface area contributed by atoms with Gasteiger partial charge in [0.05, 0.1) is 11.3 Å². The second-order valence-electron chi connectivity index (χ2n) is 33.1. The molecule has 8 aliphatic rings. The Labute approximate surface area is 649 Å². The maximum absolute atomic E-state index is 12.6. The highest BCUT2D eigenvalue weighted by atomic mass is 19.4. The predicted octanol–water partition coefficient (Wildman–Crippen LogP) is 15.9. The summed E-state index contributed by atoms with van der Waals surface area (Å²) in [5.74, 6) is -4.49. The number of esters is 1. The molecule has 0 aromatic heterocycles. The third-order valence-corrected chi connectivity index (χ3v) is 22.5. The van der Waals surface area contributed by atoms with Crippen LogP contribution >= 0.6 is 0 Å². The Morgan fingerprint density at radius 3 is 1.22 bits per heavy atom. The van der Waals surface area contributed by atoms with Crippen molar-refractivity contribution >= 4 is 35.9 Å². The Bertz CT molecular complexity index is 4030. The number of piperidine rings is 3. The highest BCUT2D eigenvalue weighted by Gasteiger charge is 2.52. The number of rotatable bonds is 5. The molecule has 0 bridgehead atoms. The van der Waals surface area contributed by atoms with E-state index in [4.69, 9.17) is 51.2 Å². The lowest BCUT2D eigenvalue weighted by molar-refractivity contribution is -0.193. The number of hydrogen-bond acceptors (Lipinski definition) is 14. The van der Waals surface area contributed by atoms with Gasteiger partial charge < -0.3 is 62.9 Å². The number of aliphatic carboxylic acids is 2. The number of amides is 2. The van der Waals surface area contributed by atoms with Crippen molar-refractivity contribution in [1.82, 2.24) is 21.3 Å². The van der Waals surface area contributed by atoms with Crippen LogP contribution < -0.4 is 28.7 Å². The number of benzene rings is 6. The Balaban J connectivity index is 0.000000190. The SMILES string of the molecule is CC(C)(C)OC(=O)C1CCC2(CC1)c1ccccc1CC2CCc1ccccc1.CC(C)(C)OC(=O)N1CCC2(CC1)C(=O)Cc1ccccc12.CC(C)(C)OC(=O)N1CCC2(CC1)c1ccccc1CC2N.N.NC1Cc2ccccc2C12CCNCC2.NCc1ccccc1.O=C(O)C(F)(F)F.O=C(O)C(F)(F)F. The number of Topliss-reactive ketones (excluding diaryl/α,β-unsaturated/α-hetero) is 1. The summed E-state index contributed by atoms with van der Waals surface area (Å²) in [6.07, 6.45) is 5.17. The minimum atomic E-state index is -5.08. The van der Waals surface area contributed by atoms with Crippen molar-refractivity contribution in [3.05, 3.63) is 213 Å². The first kappa shape index (κ1) is 89.5. The summed E-state index contributed by atoms with van der Waals surface area (Å²) in [6.45, 7) is 22.7. The molecule has 1 saturated carbocycles. The van der Waals surface area contributed by atoms with Gasteiger partial charge in [-0.1, -0.05) is 158 Å². The second-order valence-corrected chi connectivity index (χ2v) is 33.1. The predicted molar refractivity (Wildman–Crippen MR) is 417 cm³/mol. The number of carboxylic acids is 2. The molecule has 14 rings (SSSR count). The minimum Gasteiger partial charge on any atom is -0.475 e. The Hall–Kier alpha value is -8.68. The normalized spacial score (nSPS) is 21.4. The quantitative estimate of drug-likeness (QED) is 0.0479. The molecule has 4 spiro atoms. The monoisotopic (exact) mass is 1550 g/mol. The van der Waals surface area contributed by atoms with Crippen LogP contribution in [-0.2, 0) is 93.7 Å². The topological polar surface area (TPSA) is 302 Å². The van der Waals surface area contributed by atoms with Crippen LogP contribution in [0.1, 0.15) is 189 Å². The number of likely N-dealkylation sites (tertiary alicyclic amines) is 2. The average Bonchev–Trinajstić information content (AvgIpc) is 1.66. The molecule has 3 aliphatic heterocycles. The van der Waals surface area contributed by atoms with Gasteiger partial charge in [-0.2, -0.15) is 26.3 Å². The second kappa shape index (κ2) is 37.8. The standard InChI is InChI=1S/C27H34O2.C18H26N2O2.C18H23NO3.C13H18N2.C7H9N.2C2HF3O2.H3N/c1-26(2,3)29-25(28)21-15-17-27(18-16-21)23(14-13-20-9-5-4-6-10-20)19-22-11-7-8-12-24(22)27;1-17(2,3)22-16(21)20-10-8-18(9-11-20)14-7-5-4-6-13(14)12-15(18)19;1-17(2,3)22-16(21)19-10-8-18(9-11-19)14-7-5-4-6-13(14)12-15(18)20;14-12-9-10-3-1-2-4-11(10)13(12)5-7-15-8-6-13;8-6-7-4-2-1-3-5-7;2*3-2(4,5)1(6)7;/h4-12,21,23H,13-19H2,1-3H3;4-7,15H,8-12,19H2,1-3H3;4-7H,8-12H2,1-3H3;1-4,12,15H,5-9,14H2;1-5H,6,8H2;2*(H,6,7);1H3. The average molecular weight is 1550 g/mol. The van der Waals surface area contributed by atoms with Gasteiger partial charge in [0.1, 0.15) is 22.6 Å². The van der Waals surface area contributed by atoms with Crippen LogP contribution in [0.4, 0.5) is 35.9 Å². The first-order chi connectivity index (χ1) is 51.7. The molecule has 6 aromatic rings. The number of carbonyl (C=O) groups excluding carboxylic acids is 4. The van der Waals surface area contributed by atoms with Gasteiger partial charge >= 0.3 is 42.4 Å². The van der Waals surface area contributed by atoms with E-state index in [2.05, 4.69) is 115 Å². The molecule has 24 heteroatoms. The molecule has 12 N–H and O–H groups in total. The van der Waals surface area contributed by atoms with Crippen molar-refractivity contribution in [3.63, 3.8) is 0 Å². The van der Waals surface area contributed by atoms with Gasteiger partial charge in [-0.05, 0) is 239 Å². The fourth-order valence-electron chi connectivity index (χ4n) is 17.1. The van der Waals surface area contributed by atoms with Gasteiger partial charge in [0, 0.05) is 62.1 Å². The number of fused-ring (bicyclic) bond motifs is 8. The van der Waals surface area contributed by atoms with E-state index >= 15 is 0 Å². The number of nitrogens with zero attached hydrogens (tertiary/aromatic N) is 2. The molecule has 4 fully saturated rings. The van der Waals surface area contributed by atoms with E-state index in [1.54, 1.807) is 10.5 Å². The van der Waals surface area contributed by atoms with E-state index in [0.29, 0.717) is 56.6 Å². The number of nitrogens with two attached hydrogens (primary N) is 3. The summed E-state index contributed by atoms with van der Waals surface area (Å²) in [5, 5.41) is 17.7. The number of nitrogens with one attached hydrogen (secondary N) is 1. The number of carboxylic acid groups (broad SMARTS) is 2. The molecule has 6 aromatic carbocycles. The molecule has 3 heterocycles. The molecule has 3 unspecified atom stereocenters. The van der Waals surface area contributed by atoms with E-state index in [1.165, 1.54) is 70.2 Å². The summed E-state index contributed by atoms with van der Waals surface area (Å²) in [7, 11) is 0. The number of aryl methyl sites for hydroxylation is 1. The first-order valence-corrected chi connectivity index (χ1v) is 38.3.